The van der Waals surface area contributed by atoms with Crippen molar-refractivity contribution in [3.8, 4) is 0 Å². The van der Waals surface area contributed by atoms with Crippen molar-refractivity contribution < 1.29 is 18.2 Å². The molecule has 0 spiro atoms. The maximum Gasteiger partial charge on any atom is 0.256 e. The number of benzene rings is 1. The van der Waals surface area contributed by atoms with Gasteiger partial charge in [0.25, 0.3) is 5.91 Å². The largest absolute Gasteiger partial charge is 0.350 e. The first-order valence-corrected chi connectivity index (χ1v) is 14.0. The van der Waals surface area contributed by atoms with Crippen molar-refractivity contribution >= 4 is 49.6 Å². The molecular weight excluding hydrogens is 507 g/mol. The van der Waals surface area contributed by atoms with Crippen LogP contribution in [0.5, 0.6) is 0 Å². The molecule has 3 aromatic rings. The van der Waals surface area contributed by atoms with E-state index < -0.39 is 15.9 Å². The number of nitrogens with one attached hydrogen (secondary N) is 1. The van der Waals surface area contributed by atoms with Gasteiger partial charge in [0.15, 0.2) is 5.65 Å². The molecule has 2 aliphatic heterocycles. The van der Waals surface area contributed by atoms with Crippen LogP contribution < -0.4 is 9.62 Å². The van der Waals surface area contributed by atoms with Gasteiger partial charge in [0.05, 0.1) is 36.1 Å². The van der Waals surface area contributed by atoms with E-state index in [2.05, 4.69) is 4.72 Å². The molecule has 9 nitrogen and oxygen atoms in total. The third-order valence-corrected chi connectivity index (χ3v) is 7.70. The first-order valence-electron chi connectivity index (χ1n) is 11.7. The number of hydrogen-bond acceptors (Lipinski definition) is 6. The molecule has 2 aromatic heterocycles. The van der Waals surface area contributed by atoms with Crippen molar-refractivity contribution in [3.05, 3.63) is 52.3 Å². The fraction of sp³-hybridized carbons (Fsp3) is 0.417. The van der Waals surface area contributed by atoms with E-state index in [0.717, 1.165) is 24.2 Å². The fourth-order valence-electron chi connectivity index (χ4n) is 4.75. The molecule has 2 fully saturated rings. The minimum atomic E-state index is -3.14. The van der Waals surface area contributed by atoms with Crippen LogP contribution in [-0.4, -0.2) is 66.9 Å². The number of hydrogen-bond donors (Lipinski definition) is 1. The van der Waals surface area contributed by atoms with Gasteiger partial charge in [-0.2, -0.15) is 5.10 Å². The molecule has 0 aliphatic carbocycles. The molecule has 2 aliphatic rings. The summed E-state index contributed by atoms with van der Waals surface area (Å²) in [5.41, 5.74) is 2.70. The van der Waals surface area contributed by atoms with Gasteiger partial charge in [-0.05, 0) is 44.4 Å². The molecule has 4 heterocycles. The van der Waals surface area contributed by atoms with Gasteiger partial charge in [-0.1, -0.05) is 11.6 Å². The number of aryl methyl sites for hydroxylation is 1. The summed E-state index contributed by atoms with van der Waals surface area (Å²) in [4.78, 5) is 33.2. The predicted molar refractivity (Wildman–Crippen MR) is 137 cm³/mol. The van der Waals surface area contributed by atoms with Crippen LogP contribution in [0.4, 0.5) is 15.9 Å². The molecule has 1 N–H and O–H groups in total. The van der Waals surface area contributed by atoms with Gasteiger partial charge in [0.1, 0.15) is 21.7 Å². The van der Waals surface area contributed by atoms with E-state index in [9.17, 15) is 18.2 Å². The second-order valence-corrected chi connectivity index (χ2v) is 11.8. The highest BCUT2D eigenvalue weighted by atomic mass is 35.5. The van der Waals surface area contributed by atoms with Crippen LogP contribution in [0.1, 0.15) is 46.9 Å². The lowest BCUT2D eigenvalue weighted by molar-refractivity contribution is 0.0607. The van der Waals surface area contributed by atoms with Gasteiger partial charge in [-0.25, -0.2) is 22.9 Å². The Hall–Kier alpha value is -3.14. The number of anilines is 2. The monoisotopic (exact) mass is 532 g/mol. The first kappa shape index (κ1) is 24.5. The second-order valence-electron chi connectivity index (χ2n) is 9.35. The van der Waals surface area contributed by atoms with Crippen LogP contribution in [0.3, 0.4) is 0 Å². The number of amides is 1. The number of piperidine rings is 1. The molecule has 2 atom stereocenters. The van der Waals surface area contributed by atoms with E-state index in [4.69, 9.17) is 21.7 Å². The lowest BCUT2D eigenvalue weighted by Gasteiger charge is -2.36. The van der Waals surface area contributed by atoms with Crippen LogP contribution in [0.2, 0.25) is 5.02 Å². The van der Waals surface area contributed by atoms with Crippen LogP contribution in [-0.2, 0) is 14.5 Å². The average molecular weight is 533 g/mol. The molecule has 190 valence electrons. The number of likely N-dealkylation sites (tertiary alicyclic amines) is 1. The molecule has 0 bridgehead atoms. The van der Waals surface area contributed by atoms with Gasteiger partial charge >= 0.3 is 0 Å². The summed E-state index contributed by atoms with van der Waals surface area (Å²) in [6.07, 6.45) is 4.73. The Morgan fingerprint density at radius 1 is 1.28 bits per heavy atom. The number of nitrogens with zero attached hydrogens (tertiary/aromatic N) is 5. The van der Waals surface area contributed by atoms with E-state index >= 15 is 0 Å². The summed E-state index contributed by atoms with van der Waals surface area (Å²) in [5, 5.41) is 6.56. The molecule has 1 unspecified atom stereocenters. The maximum atomic E-state index is 13.8. The number of aromatic nitrogens is 3. The molecule has 5 rings (SSSR count). The lowest BCUT2D eigenvalue weighted by Crippen LogP contribution is -2.49. The highest BCUT2D eigenvalue weighted by molar-refractivity contribution is 8.01. The molecule has 0 saturated carbocycles. The van der Waals surface area contributed by atoms with Gasteiger partial charge in [0, 0.05) is 35.6 Å². The Morgan fingerprint density at radius 3 is 2.78 bits per heavy atom. The molecule has 0 radical (unpaired) electrons. The third-order valence-electron chi connectivity index (χ3n) is 6.54. The Bertz CT molecular complexity index is 1490. The van der Waals surface area contributed by atoms with Crippen LogP contribution in [0.15, 0.2) is 30.5 Å². The predicted octanol–water partition coefficient (Wildman–Crippen LogP) is 3.52. The van der Waals surface area contributed by atoms with Crippen LogP contribution in [0, 0.1) is 6.92 Å². The highest BCUT2D eigenvalue weighted by Crippen LogP contribution is 2.34. The van der Waals surface area contributed by atoms with Crippen molar-refractivity contribution in [2.75, 3.05) is 35.5 Å². The molecule has 12 heteroatoms. The normalized spacial score (nSPS) is 20.1. The van der Waals surface area contributed by atoms with Crippen molar-refractivity contribution in [2.45, 2.75) is 38.4 Å². The Labute approximate surface area is 213 Å². The smallest absolute Gasteiger partial charge is 0.256 e. The van der Waals surface area contributed by atoms with Crippen molar-refractivity contribution in [2.24, 2.45) is 0 Å². The summed E-state index contributed by atoms with van der Waals surface area (Å²) < 4.78 is 30.1. The third kappa shape index (κ3) is 4.66. The minimum absolute atomic E-state index is 0.220. The fourth-order valence-corrected chi connectivity index (χ4v) is 5.56. The van der Waals surface area contributed by atoms with E-state index in [1.165, 1.54) is 23.6 Å². The topological polar surface area (TPSA) is 99.9 Å². The number of carbonyl (C=O) groups is 1. The van der Waals surface area contributed by atoms with Crippen molar-refractivity contribution in [3.63, 3.8) is 0 Å². The summed E-state index contributed by atoms with van der Waals surface area (Å²) in [7, 11) is -3.14. The quantitative estimate of drug-likeness (QED) is 0.505. The Morgan fingerprint density at radius 2 is 2.06 bits per heavy atom. The summed E-state index contributed by atoms with van der Waals surface area (Å²) >= 11 is 6.19. The highest BCUT2D eigenvalue weighted by Gasteiger charge is 2.33. The zero-order valence-electron chi connectivity index (χ0n) is 19.9. The Kier molecular flexibility index (Phi) is 6.40. The SMILES string of the molecule is Cc1cn2nc([C@@H]3CCCCN3C(=O)c3cc(Cl)ccc3NS(C)(=O)=C=O)cc2nc1N1CC(F)C1. The van der Waals surface area contributed by atoms with Gasteiger partial charge in [0.2, 0.25) is 5.23 Å². The van der Waals surface area contributed by atoms with E-state index in [1.807, 2.05) is 24.1 Å². The zero-order chi connectivity index (χ0) is 25.6. The second kappa shape index (κ2) is 9.38. The molecule has 1 amide bonds. The lowest BCUT2D eigenvalue weighted by atomic mass is 9.98. The summed E-state index contributed by atoms with van der Waals surface area (Å²) in [6.45, 7) is 3.09. The number of alkyl halides is 1. The summed E-state index contributed by atoms with van der Waals surface area (Å²) in [5.74, 6) is 0.437. The van der Waals surface area contributed by atoms with Gasteiger partial charge in [-0.15, -0.1) is 0 Å². The molecule has 2 saturated heterocycles. The first-order chi connectivity index (χ1) is 17.1. The van der Waals surface area contributed by atoms with E-state index in [0.29, 0.717) is 42.4 Å². The standard InChI is InChI=1S/C24H26ClFN6O3S/c1-15-11-32-22(27-23(15)30-12-17(26)13-30)10-20(28-32)21-5-3-4-8-31(21)24(34)18-9-16(25)6-7-19(18)29-36(2,35)14-33/h6-7,9-11,17,21H,3-5,8,12-13H2,1-2H3,(H,29,35)/t21-,36?/m0/s1. The average Bonchev–Trinajstić information content (AvgIpc) is 3.25. The van der Waals surface area contributed by atoms with Crippen LogP contribution in [0.25, 0.3) is 5.65 Å². The molecular formula is C24H26ClFN6O3S. The minimum Gasteiger partial charge on any atom is -0.350 e. The van der Waals surface area contributed by atoms with Crippen LogP contribution >= 0.6 is 11.6 Å². The van der Waals surface area contributed by atoms with Gasteiger partial charge < -0.3 is 14.5 Å². The molecule has 36 heavy (non-hydrogen) atoms. The summed E-state index contributed by atoms with van der Waals surface area (Å²) in [6, 6.07) is 6.16. The van der Waals surface area contributed by atoms with Gasteiger partial charge in [-0.3, -0.25) is 4.79 Å². The van der Waals surface area contributed by atoms with Crippen molar-refractivity contribution in [1.29, 1.82) is 0 Å². The number of fused-ring (bicyclic) bond motifs is 1. The molecule has 1 aromatic carbocycles. The zero-order valence-corrected chi connectivity index (χ0v) is 21.5. The van der Waals surface area contributed by atoms with E-state index in [1.54, 1.807) is 15.5 Å². The number of halogens is 2. The Balaban J connectivity index is 1.49. The van der Waals surface area contributed by atoms with Crippen molar-refractivity contribution in [1.82, 2.24) is 19.5 Å². The number of rotatable bonds is 5. The number of carbonyl (C=O) groups excluding carboxylic acids is 2. The van der Waals surface area contributed by atoms with E-state index in [-0.39, 0.29) is 23.2 Å². The maximum absolute atomic E-state index is 13.8.